The molecule has 2 nitrogen and oxygen atoms in total. The lowest BCUT2D eigenvalue weighted by atomic mass is 10.3. The summed E-state index contributed by atoms with van der Waals surface area (Å²) in [4.78, 5) is 0. The van der Waals surface area contributed by atoms with E-state index in [0.29, 0.717) is 0 Å². The van der Waals surface area contributed by atoms with Crippen LogP contribution in [-0.2, 0) is 4.74 Å². The van der Waals surface area contributed by atoms with Gasteiger partial charge in [0.15, 0.2) is 6.23 Å². The highest BCUT2D eigenvalue weighted by Crippen LogP contribution is 1.98. The molecule has 0 amide bonds. The molecule has 0 saturated carbocycles. The van der Waals surface area contributed by atoms with Crippen LogP contribution in [0.5, 0.6) is 0 Å². The lowest BCUT2D eigenvalue weighted by molar-refractivity contribution is 0.150. The van der Waals surface area contributed by atoms with Crippen molar-refractivity contribution in [3.05, 3.63) is 24.5 Å². The van der Waals surface area contributed by atoms with Crippen LogP contribution in [0.25, 0.3) is 0 Å². The van der Waals surface area contributed by atoms with Crippen LogP contribution in [0.2, 0.25) is 0 Å². The van der Waals surface area contributed by atoms with Crippen molar-refractivity contribution in [1.29, 1.82) is 0 Å². The van der Waals surface area contributed by atoms with Gasteiger partial charge in [-0.05, 0) is 25.1 Å². The molecule has 11 heavy (non-hydrogen) atoms. The van der Waals surface area contributed by atoms with Gasteiger partial charge in [0.05, 0.1) is 6.26 Å². The first-order valence-electron chi connectivity index (χ1n) is 4.15. The van der Waals surface area contributed by atoms with E-state index >= 15 is 0 Å². The molecular weight excluding hydrogens is 138 g/mol. The van der Waals surface area contributed by atoms with Gasteiger partial charge in [0.2, 0.25) is 0 Å². The number of unbranched alkanes of at least 4 members (excludes halogenated alkanes) is 1. The van der Waals surface area contributed by atoms with Crippen LogP contribution in [0.4, 0.5) is 0 Å². The third-order valence-electron chi connectivity index (χ3n) is 1.58. The minimum Gasteiger partial charge on any atom is -0.479 e. The predicted molar refractivity (Wildman–Crippen MR) is 46.1 cm³/mol. The fourth-order valence-corrected chi connectivity index (χ4v) is 0.923. The van der Waals surface area contributed by atoms with Crippen LogP contribution in [0, 0.1) is 0 Å². The molecule has 0 radical (unpaired) electrons. The zero-order chi connectivity index (χ0) is 7.94. The number of hydrogen-bond donors (Lipinski definition) is 1. The number of rotatable bonds is 4. The maximum Gasteiger partial charge on any atom is 0.168 e. The summed E-state index contributed by atoms with van der Waals surface area (Å²) < 4.78 is 5.25. The molecule has 0 fully saturated rings. The van der Waals surface area contributed by atoms with E-state index in [1.807, 2.05) is 18.2 Å². The smallest absolute Gasteiger partial charge is 0.168 e. The van der Waals surface area contributed by atoms with E-state index in [1.165, 1.54) is 12.8 Å². The minimum absolute atomic E-state index is 0.0894. The summed E-state index contributed by atoms with van der Waals surface area (Å²) in [6.07, 6.45) is 10.1. The Morgan fingerprint density at radius 3 is 3.00 bits per heavy atom. The Balaban J connectivity index is 2.07. The highest BCUT2D eigenvalue weighted by molar-refractivity contribution is 5.06. The van der Waals surface area contributed by atoms with Crippen molar-refractivity contribution in [3.63, 3.8) is 0 Å². The van der Waals surface area contributed by atoms with Gasteiger partial charge in [-0.3, -0.25) is 5.32 Å². The Morgan fingerprint density at radius 2 is 2.36 bits per heavy atom. The van der Waals surface area contributed by atoms with Crippen LogP contribution >= 0.6 is 0 Å². The quantitative estimate of drug-likeness (QED) is 0.622. The lowest BCUT2D eigenvalue weighted by Crippen LogP contribution is -2.29. The van der Waals surface area contributed by atoms with Gasteiger partial charge in [-0.1, -0.05) is 19.4 Å². The van der Waals surface area contributed by atoms with Crippen molar-refractivity contribution in [3.8, 4) is 0 Å². The molecule has 0 aromatic rings. The molecule has 1 unspecified atom stereocenters. The topological polar surface area (TPSA) is 21.3 Å². The number of nitrogens with one attached hydrogen (secondary N) is 1. The predicted octanol–water partition coefficient (Wildman–Crippen LogP) is 1.80. The third-order valence-corrected chi connectivity index (χ3v) is 1.58. The van der Waals surface area contributed by atoms with Crippen molar-refractivity contribution in [2.75, 3.05) is 6.54 Å². The summed E-state index contributed by atoms with van der Waals surface area (Å²) in [5.74, 6) is 0. The Kier molecular flexibility index (Phi) is 3.76. The minimum atomic E-state index is 0.0894. The van der Waals surface area contributed by atoms with Gasteiger partial charge >= 0.3 is 0 Å². The SMILES string of the molecule is CCCCNC1C=CC=CO1. The van der Waals surface area contributed by atoms with Gasteiger partial charge in [-0.25, -0.2) is 0 Å². The van der Waals surface area contributed by atoms with Gasteiger partial charge in [0.1, 0.15) is 0 Å². The molecular formula is C9H15NO. The molecule has 1 aliphatic rings. The highest BCUT2D eigenvalue weighted by Gasteiger charge is 2.02. The Hall–Kier alpha value is -0.760. The first-order chi connectivity index (χ1) is 5.43. The van der Waals surface area contributed by atoms with Crippen LogP contribution in [0.15, 0.2) is 24.5 Å². The molecule has 0 bridgehead atoms. The van der Waals surface area contributed by atoms with Gasteiger partial charge in [-0.15, -0.1) is 0 Å². The van der Waals surface area contributed by atoms with Crippen molar-refractivity contribution in [2.45, 2.75) is 26.0 Å². The van der Waals surface area contributed by atoms with Crippen molar-refractivity contribution < 1.29 is 4.74 Å². The summed E-state index contributed by atoms with van der Waals surface area (Å²) in [6, 6.07) is 0. The molecule has 1 N–H and O–H groups in total. The maximum atomic E-state index is 5.25. The molecule has 1 atom stereocenters. The second kappa shape index (κ2) is 4.97. The zero-order valence-electron chi connectivity index (χ0n) is 6.92. The van der Waals surface area contributed by atoms with E-state index in [4.69, 9.17) is 4.74 Å². The Bertz CT molecular complexity index is 152. The van der Waals surface area contributed by atoms with Crippen molar-refractivity contribution >= 4 is 0 Å². The van der Waals surface area contributed by atoms with Gasteiger partial charge in [0.25, 0.3) is 0 Å². The molecule has 0 aromatic heterocycles. The average molecular weight is 153 g/mol. The number of allylic oxidation sites excluding steroid dienone is 2. The van der Waals surface area contributed by atoms with E-state index in [-0.39, 0.29) is 6.23 Å². The molecule has 0 aliphatic carbocycles. The molecule has 1 heterocycles. The van der Waals surface area contributed by atoms with Crippen molar-refractivity contribution in [1.82, 2.24) is 5.32 Å². The van der Waals surface area contributed by atoms with Crippen LogP contribution < -0.4 is 5.32 Å². The van der Waals surface area contributed by atoms with Crippen LogP contribution in [0.1, 0.15) is 19.8 Å². The fraction of sp³-hybridized carbons (Fsp3) is 0.556. The normalized spacial score (nSPS) is 21.7. The summed E-state index contributed by atoms with van der Waals surface area (Å²) in [5.41, 5.74) is 0. The van der Waals surface area contributed by atoms with E-state index in [0.717, 1.165) is 6.54 Å². The van der Waals surface area contributed by atoms with E-state index in [1.54, 1.807) is 6.26 Å². The van der Waals surface area contributed by atoms with Crippen LogP contribution in [0.3, 0.4) is 0 Å². The number of ether oxygens (including phenoxy) is 1. The standard InChI is InChI=1S/C9H15NO/c1-2-3-7-10-9-6-4-5-8-11-9/h4-6,8-10H,2-3,7H2,1H3. The molecule has 1 rings (SSSR count). The van der Waals surface area contributed by atoms with Gasteiger partial charge < -0.3 is 4.74 Å². The number of hydrogen-bond acceptors (Lipinski definition) is 2. The summed E-state index contributed by atoms with van der Waals surface area (Å²) in [5, 5.41) is 3.26. The van der Waals surface area contributed by atoms with E-state index in [9.17, 15) is 0 Å². The molecule has 0 aromatic carbocycles. The molecule has 0 spiro atoms. The maximum absolute atomic E-state index is 5.25. The summed E-state index contributed by atoms with van der Waals surface area (Å²) in [6.45, 7) is 3.21. The van der Waals surface area contributed by atoms with Crippen LogP contribution in [-0.4, -0.2) is 12.8 Å². The molecule has 0 saturated heterocycles. The second-order valence-electron chi connectivity index (χ2n) is 2.58. The van der Waals surface area contributed by atoms with Gasteiger partial charge in [-0.2, -0.15) is 0 Å². The largest absolute Gasteiger partial charge is 0.479 e. The van der Waals surface area contributed by atoms with Crippen molar-refractivity contribution in [2.24, 2.45) is 0 Å². The molecule has 62 valence electrons. The first-order valence-corrected chi connectivity index (χ1v) is 4.15. The first kappa shape index (κ1) is 8.34. The summed E-state index contributed by atoms with van der Waals surface area (Å²) in [7, 11) is 0. The molecule has 1 aliphatic heterocycles. The fourth-order valence-electron chi connectivity index (χ4n) is 0.923. The zero-order valence-corrected chi connectivity index (χ0v) is 6.92. The Morgan fingerprint density at radius 1 is 1.45 bits per heavy atom. The van der Waals surface area contributed by atoms with Gasteiger partial charge in [0, 0.05) is 0 Å². The Labute approximate surface area is 67.9 Å². The second-order valence-corrected chi connectivity index (χ2v) is 2.58. The van der Waals surface area contributed by atoms with E-state index in [2.05, 4.69) is 12.2 Å². The average Bonchev–Trinajstić information content (AvgIpc) is 2.07. The lowest BCUT2D eigenvalue weighted by Gasteiger charge is -2.15. The third kappa shape index (κ3) is 3.23. The van der Waals surface area contributed by atoms with E-state index < -0.39 is 0 Å². The highest BCUT2D eigenvalue weighted by atomic mass is 16.5. The molecule has 2 heteroatoms. The summed E-state index contributed by atoms with van der Waals surface area (Å²) >= 11 is 0. The monoisotopic (exact) mass is 153 g/mol.